The number of carbonyl (C=O) groups is 2. The van der Waals surface area contributed by atoms with Gasteiger partial charge in [0.05, 0.1) is 11.0 Å². The first-order valence-corrected chi connectivity index (χ1v) is 10.2. The summed E-state index contributed by atoms with van der Waals surface area (Å²) in [7, 11) is 0. The summed E-state index contributed by atoms with van der Waals surface area (Å²) in [6.07, 6.45) is 2.27. The van der Waals surface area contributed by atoms with E-state index in [1.54, 1.807) is 12.1 Å². The number of hydrogen-bond acceptors (Lipinski definition) is 3. The highest BCUT2D eigenvalue weighted by atomic mass is 16.2. The first-order chi connectivity index (χ1) is 14.1. The van der Waals surface area contributed by atoms with Crippen LogP contribution in [-0.2, 0) is 4.79 Å². The van der Waals surface area contributed by atoms with Crippen LogP contribution >= 0.6 is 0 Å². The number of aromatic amines is 1. The van der Waals surface area contributed by atoms with Gasteiger partial charge in [-0.25, -0.2) is 4.98 Å². The van der Waals surface area contributed by atoms with Gasteiger partial charge in [-0.05, 0) is 44.0 Å². The molecule has 2 aromatic carbocycles. The average Bonchev–Trinajstić information content (AvgIpc) is 3.19. The summed E-state index contributed by atoms with van der Waals surface area (Å²) in [5.74, 6) is 1.10. The Morgan fingerprint density at radius 3 is 2.72 bits per heavy atom. The van der Waals surface area contributed by atoms with Gasteiger partial charge < -0.3 is 15.2 Å². The fourth-order valence-corrected chi connectivity index (χ4v) is 3.93. The lowest BCUT2D eigenvalue weighted by Crippen LogP contribution is -2.43. The molecule has 1 aliphatic rings. The van der Waals surface area contributed by atoms with Crippen LogP contribution in [0.25, 0.3) is 11.0 Å². The highest BCUT2D eigenvalue weighted by Gasteiger charge is 2.27. The SMILES string of the molecule is C[C@H](CC(=O)N1CCC[C@H](c2nc3ccccc3[nH]2)C1)NC(=O)c1ccccc1. The number of aromatic nitrogens is 2. The molecule has 150 valence electrons. The molecule has 2 N–H and O–H groups in total. The minimum Gasteiger partial charge on any atom is -0.349 e. The predicted octanol–water partition coefficient (Wildman–Crippen LogP) is 3.48. The fraction of sp³-hybridized carbons (Fsp3) is 0.348. The number of hydrogen-bond donors (Lipinski definition) is 2. The highest BCUT2D eigenvalue weighted by molar-refractivity contribution is 5.94. The Hall–Kier alpha value is -3.15. The maximum Gasteiger partial charge on any atom is 0.251 e. The van der Waals surface area contributed by atoms with Gasteiger partial charge in [0.1, 0.15) is 5.82 Å². The van der Waals surface area contributed by atoms with Crippen molar-refractivity contribution in [1.29, 1.82) is 0 Å². The van der Waals surface area contributed by atoms with Crippen molar-refractivity contribution in [2.45, 2.75) is 38.1 Å². The summed E-state index contributed by atoms with van der Waals surface area (Å²) in [6.45, 7) is 3.30. The second kappa shape index (κ2) is 8.47. The molecule has 3 aromatic rings. The number of fused-ring (bicyclic) bond motifs is 1. The second-order valence-corrected chi connectivity index (χ2v) is 7.76. The van der Waals surface area contributed by atoms with Crippen molar-refractivity contribution in [3.05, 3.63) is 66.0 Å². The summed E-state index contributed by atoms with van der Waals surface area (Å²) < 4.78 is 0. The number of piperidine rings is 1. The molecule has 1 aromatic heterocycles. The molecule has 0 bridgehead atoms. The van der Waals surface area contributed by atoms with E-state index in [9.17, 15) is 9.59 Å². The molecule has 29 heavy (non-hydrogen) atoms. The van der Waals surface area contributed by atoms with E-state index >= 15 is 0 Å². The van der Waals surface area contributed by atoms with Crippen LogP contribution in [0.2, 0.25) is 0 Å². The number of imidazole rings is 1. The van der Waals surface area contributed by atoms with Crippen molar-refractivity contribution >= 4 is 22.8 Å². The third kappa shape index (κ3) is 4.47. The molecule has 4 rings (SSSR count). The van der Waals surface area contributed by atoms with Crippen LogP contribution in [0.4, 0.5) is 0 Å². The van der Waals surface area contributed by atoms with Crippen molar-refractivity contribution in [1.82, 2.24) is 20.2 Å². The lowest BCUT2D eigenvalue weighted by molar-refractivity contribution is -0.132. The molecular formula is C23H26N4O2. The second-order valence-electron chi connectivity index (χ2n) is 7.76. The maximum atomic E-state index is 12.8. The van der Waals surface area contributed by atoms with Crippen LogP contribution in [0.1, 0.15) is 48.3 Å². The maximum absolute atomic E-state index is 12.8. The minimum absolute atomic E-state index is 0.0756. The van der Waals surface area contributed by atoms with Gasteiger partial charge in [-0.1, -0.05) is 30.3 Å². The van der Waals surface area contributed by atoms with E-state index in [0.29, 0.717) is 18.5 Å². The third-order valence-electron chi connectivity index (χ3n) is 5.46. The number of likely N-dealkylation sites (tertiary alicyclic amines) is 1. The van der Waals surface area contributed by atoms with Crippen LogP contribution in [-0.4, -0.2) is 45.8 Å². The zero-order chi connectivity index (χ0) is 20.2. The minimum atomic E-state index is -0.221. The topological polar surface area (TPSA) is 78.1 Å². The molecule has 6 heteroatoms. The summed E-state index contributed by atoms with van der Waals surface area (Å²) in [5, 5.41) is 2.92. The number of amides is 2. The van der Waals surface area contributed by atoms with Gasteiger partial charge >= 0.3 is 0 Å². The molecule has 0 saturated carbocycles. The Labute approximate surface area is 170 Å². The lowest BCUT2D eigenvalue weighted by atomic mass is 9.97. The number of nitrogens with zero attached hydrogens (tertiary/aromatic N) is 2. The number of rotatable bonds is 5. The Kier molecular flexibility index (Phi) is 5.60. The molecule has 1 aliphatic heterocycles. The first kappa shape index (κ1) is 19.2. The molecular weight excluding hydrogens is 364 g/mol. The quantitative estimate of drug-likeness (QED) is 0.700. The lowest BCUT2D eigenvalue weighted by Gasteiger charge is -2.32. The smallest absolute Gasteiger partial charge is 0.251 e. The van der Waals surface area contributed by atoms with Gasteiger partial charge in [0.15, 0.2) is 0 Å². The molecule has 2 heterocycles. The van der Waals surface area contributed by atoms with E-state index in [-0.39, 0.29) is 23.8 Å². The number of nitrogens with one attached hydrogen (secondary N) is 2. The van der Waals surface area contributed by atoms with Crippen LogP contribution < -0.4 is 5.32 Å². The summed E-state index contributed by atoms with van der Waals surface area (Å²) in [5.41, 5.74) is 2.60. The molecule has 0 unspecified atom stereocenters. The zero-order valence-electron chi connectivity index (χ0n) is 16.6. The largest absolute Gasteiger partial charge is 0.349 e. The molecule has 2 atom stereocenters. The molecule has 0 aliphatic carbocycles. The van der Waals surface area contributed by atoms with Crippen LogP contribution in [0.3, 0.4) is 0 Å². The summed E-state index contributed by atoms with van der Waals surface area (Å²) in [6, 6.07) is 16.8. The van der Waals surface area contributed by atoms with E-state index in [1.807, 2.05) is 54.3 Å². The Balaban J connectivity index is 1.35. The molecule has 1 saturated heterocycles. The van der Waals surface area contributed by atoms with E-state index in [2.05, 4.69) is 10.3 Å². The molecule has 0 radical (unpaired) electrons. The molecule has 2 amide bonds. The average molecular weight is 390 g/mol. The van der Waals surface area contributed by atoms with Gasteiger partial charge in [-0.3, -0.25) is 9.59 Å². The highest BCUT2D eigenvalue weighted by Crippen LogP contribution is 2.27. The van der Waals surface area contributed by atoms with Crippen molar-refractivity contribution < 1.29 is 9.59 Å². The van der Waals surface area contributed by atoms with E-state index < -0.39 is 0 Å². The summed E-state index contributed by atoms with van der Waals surface area (Å²) >= 11 is 0. The zero-order valence-corrected chi connectivity index (χ0v) is 16.6. The first-order valence-electron chi connectivity index (χ1n) is 10.2. The number of carbonyl (C=O) groups excluding carboxylic acids is 2. The third-order valence-corrected chi connectivity index (χ3v) is 5.46. The number of para-hydroxylation sites is 2. The summed E-state index contributed by atoms with van der Waals surface area (Å²) in [4.78, 5) is 35.1. The predicted molar refractivity (Wildman–Crippen MR) is 113 cm³/mol. The Bertz CT molecular complexity index is 965. The van der Waals surface area contributed by atoms with E-state index in [4.69, 9.17) is 4.98 Å². The number of H-pyrrole nitrogens is 1. The van der Waals surface area contributed by atoms with Gasteiger partial charge in [0.25, 0.3) is 5.91 Å². The number of benzene rings is 2. The van der Waals surface area contributed by atoms with Gasteiger partial charge in [-0.15, -0.1) is 0 Å². The molecule has 0 spiro atoms. The van der Waals surface area contributed by atoms with Crippen molar-refractivity contribution in [2.24, 2.45) is 0 Å². The Morgan fingerprint density at radius 1 is 1.17 bits per heavy atom. The van der Waals surface area contributed by atoms with E-state index in [0.717, 1.165) is 36.2 Å². The van der Waals surface area contributed by atoms with Gasteiger partial charge in [0.2, 0.25) is 5.91 Å². The molecule has 6 nitrogen and oxygen atoms in total. The Morgan fingerprint density at radius 2 is 1.93 bits per heavy atom. The van der Waals surface area contributed by atoms with Crippen molar-refractivity contribution in [2.75, 3.05) is 13.1 Å². The van der Waals surface area contributed by atoms with Gasteiger partial charge in [-0.2, -0.15) is 0 Å². The fourth-order valence-electron chi connectivity index (χ4n) is 3.93. The van der Waals surface area contributed by atoms with Crippen LogP contribution in [0.15, 0.2) is 54.6 Å². The van der Waals surface area contributed by atoms with Crippen molar-refractivity contribution in [3.8, 4) is 0 Å². The normalized spacial score (nSPS) is 17.8. The molecule has 1 fully saturated rings. The van der Waals surface area contributed by atoms with Crippen LogP contribution in [0.5, 0.6) is 0 Å². The standard InChI is InChI=1S/C23H26N4O2/c1-16(24-23(29)17-8-3-2-4-9-17)14-21(28)27-13-7-10-18(15-27)22-25-19-11-5-6-12-20(19)26-22/h2-6,8-9,11-12,16,18H,7,10,13-15H2,1H3,(H,24,29)(H,25,26)/t16-,18+/m1/s1. The van der Waals surface area contributed by atoms with Crippen molar-refractivity contribution in [3.63, 3.8) is 0 Å². The van der Waals surface area contributed by atoms with Crippen LogP contribution in [0, 0.1) is 0 Å². The van der Waals surface area contributed by atoms with Gasteiger partial charge in [0, 0.05) is 37.0 Å². The monoisotopic (exact) mass is 390 g/mol. The van der Waals surface area contributed by atoms with E-state index in [1.165, 1.54) is 0 Å².